The third-order valence-corrected chi connectivity index (χ3v) is 6.91. The van der Waals surface area contributed by atoms with E-state index in [0.29, 0.717) is 12.8 Å². The molecule has 2 atom stereocenters. The zero-order valence-electron chi connectivity index (χ0n) is 21.6. The number of benzene rings is 3. The van der Waals surface area contributed by atoms with E-state index in [1.54, 1.807) is 24.3 Å². The van der Waals surface area contributed by atoms with E-state index in [1.807, 2.05) is 0 Å². The number of carboxylic acid groups (broad SMARTS) is 1. The lowest BCUT2D eigenvalue weighted by atomic mass is 9.94. The van der Waals surface area contributed by atoms with Crippen LogP contribution in [0, 0.1) is 23.5 Å². The zero-order valence-corrected chi connectivity index (χ0v) is 21.6. The van der Waals surface area contributed by atoms with Gasteiger partial charge in [-0.2, -0.15) is 0 Å². The van der Waals surface area contributed by atoms with Crippen molar-refractivity contribution in [3.8, 4) is 0 Å². The molecule has 10 heteroatoms. The number of likely N-dealkylation sites (tertiary alicyclic amines) is 1. The molecule has 1 aliphatic rings. The number of amides is 3. The first-order valence-corrected chi connectivity index (χ1v) is 12.9. The molecule has 2 unspecified atom stereocenters. The molecule has 8 nitrogen and oxygen atoms in total. The van der Waals surface area contributed by atoms with Gasteiger partial charge in [-0.1, -0.05) is 24.3 Å². The number of nitrogens with zero attached hydrogens (tertiary/aromatic N) is 1. The van der Waals surface area contributed by atoms with Gasteiger partial charge in [0.1, 0.15) is 11.6 Å². The number of hydrogen-bond acceptors (Lipinski definition) is 4. The molecule has 3 aromatic carbocycles. The van der Waals surface area contributed by atoms with Gasteiger partial charge in [0, 0.05) is 31.7 Å². The third kappa shape index (κ3) is 7.28. The Morgan fingerprint density at radius 3 is 1.48 bits per heavy atom. The topological polar surface area (TPSA) is 116 Å². The molecule has 208 valence electrons. The molecule has 40 heavy (non-hydrogen) atoms. The van der Waals surface area contributed by atoms with Gasteiger partial charge < -0.3 is 20.6 Å². The normalized spacial score (nSPS) is 16.4. The lowest BCUT2D eigenvalue weighted by Crippen LogP contribution is -2.42. The molecule has 0 bridgehead atoms. The van der Waals surface area contributed by atoms with Crippen molar-refractivity contribution < 1.29 is 33.1 Å². The quantitative estimate of drug-likeness (QED) is 0.360. The number of hydrogen-bond donors (Lipinski definition) is 3. The fourth-order valence-electron chi connectivity index (χ4n) is 4.66. The van der Waals surface area contributed by atoms with Gasteiger partial charge >= 0.3 is 5.97 Å². The summed E-state index contributed by atoms with van der Waals surface area (Å²) < 4.78 is 26.3. The van der Waals surface area contributed by atoms with Crippen LogP contribution >= 0.6 is 0 Å². The molecule has 1 fully saturated rings. The van der Waals surface area contributed by atoms with Crippen LogP contribution in [0.2, 0.25) is 0 Å². The molecule has 0 aliphatic carbocycles. The maximum absolute atomic E-state index is 13.2. The fourth-order valence-corrected chi connectivity index (χ4v) is 4.66. The summed E-state index contributed by atoms with van der Waals surface area (Å²) in [6.07, 6.45) is 0.928. The van der Waals surface area contributed by atoms with Gasteiger partial charge in [0.15, 0.2) is 0 Å². The highest BCUT2D eigenvalue weighted by Crippen LogP contribution is 2.26. The predicted molar refractivity (Wildman–Crippen MR) is 143 cm³/mol. The number of carbonyl (C=O) groups is 4. The van der Waals surface area contributed by atoms with Crippen LogP contribution in [0.25, 0.3) is 0 Å². The van der Waals surface area contributed by atoms with Crippen LogP contribution in [-0.2, 0) is 22.4 Å². The number of nitrogens with one attached hydrogen (secondary N) is 2. The van der Waals surface area contributed by atoms with E-state index in [4.69, 9.17) is 5.11 Å². The molecule has 0 spiro atoms. The Balaban J connectivity index is 1.41. The van der Waals surface area contributed by atoms with Gasteiger partial charge in [-0.15, -0.1) is 0 Å². The molecule has 0 saturated carbocycles. The molecule has 0 radical (unpaired) electrons. The summed E-state index contributed by atoms with van der Waals surface area (Å²) in [5.41, 5.74) is 1.96. The van der Waals surface area contributed by atoms with Gasteiger partial charge in [-0.3, -0.25) is 14.4 Å². The smallest absolute Gasteiger partial charge is 0.335 e. The van der Waals surface area contributed by atoms with Crippen LogP contribution in [0.4, 0.5) is 8.78 Å². The first kappa shape index (κ1) is 28.4. The van der Waals surface area contributed by atoms with Crippen LogP contribution in [0.1, 0.15) is 31.8 Å². The summed E-state index contributed by atoms with van der Waals surface area (Å²) in [6.45, 7) is 0.560. The second kappa shape index (κ2) is 13.0. The van der Waals surface area contributed by atoms with E-state index in [1.165, 1.54) is 53.4 Å². The predicted octanol–water partition coefficient (Wildman–Crippen LogP) is 3.07. The average Bonchev–Trinajstić information content (AvgIpc) is 3.41. The molecule has 1 aliphatic heterocycles. The van der Waals surface area contributed by atoms with Crippen molar-refractivity contribution in [2.75, 3.05) is 26.2 Å². The van der Waals surface area contributed by atoms with Gasteiger partial charge in [-0.05, 0) is 72.5 Å². The standard InChI is InChI=1S/C30H29F2N3O5/c31-23-9-1-19(2-10-23)13-15-33-27(36)25-17-35(29(38)21-5-7-22(8-6-21)30(39)40)18-26(25)28(37)34-16-14-20-3-11-24(32)12-4-20/h1-12,25-26H,13-18H2,(H,33,36)(H,34,37)(H,39,40). The van der Waals surface area contributed by atoms with Crippen molar-refractivity contribution in [1.29, 1.82) is 0 Å². The van der Waals surface area contributed by atoms with Crippen LogP contribution in [-0.4, -0.2) is 59.9 Å². The first-order chi connectivity index (χ1) is 19.2. The number of carboxylic acids is 1. The molecule has 1 saturated heterocycles. The second-order valence-electron chi connectivity index (χ2n) is 9.64. The SMILES string of the molecule is O=C(O)c1ccc(C(=O)N2CC(C(=O)NCCc3ccc(F)cc3)C(C(=O)NCCc3ccc(F)cc3)C2)cc1. The lowest BCUT2D eigenvalue weighted by Gasteiger charge is -2.17. The van der Waals surface area contributed by atoms with Gasteiger partial charge in [0.25, 0.3) is 5.91 Å². The van der Waals surface area contributed by atoms with E-state index < -0.39 is 23.7 Å². The van der Waals surface area contributed by atoms with E-state index in [-0.39, 0.29) is 60.8 Å². The summed E-state index contributed by atoms with van der Waals surface area (Å²) in [6, 6.07) is 17.3. The number of aromatic carboxylic acids is 1. The van der Waals surface area contributed by atoms with Gasteiger partial charge in [0.2, 0.25) is 11.8 Å². The minimum atomic E-state index is -1.12. The summed E-state index contributed by atoms with van der Waals surface area (Å²) in [4.78, 5) is 52.1. The summed E-state index contributed by atoms with van der Waals surface area (Å²) >= 11 is 0. The Bertz CT molecular complexity index is 1290. The van der Waals surface area contributed by atoms with E-state index in [2.05, 4.69) is 10.6 Å². The third-order valence-electron chi connectivity index (χ3n) is 6.91. The van der Waals surface area contributed by atoms with Crippen molar-refractivity contribution in [2.24, 2.45) is 11.8 Å². The summed E-state index contributed by atoms with van der Waals surface area (Å²) in [5, 5.41) is 14.8. The zero-order chi connectivity index (χ0) is 28.6. The molecule has 3 aromatic rings. The summed E-state index contributed by atoms with van der Waals surface area (Å²) in [7, 11) is 0. The van der Waals surface area contributed by atoms with E-state index >= 15 is 0 Å². The molecular formula is C30H29F2N3O5. The Morgan fingerprint density at radius 2 is 1.07 bits per heavy atom. The van der Waals surface area contributed by atoms with Gasteiger partial charge in [0.05, 0.1) is 17.4 Å². The number of carbonyl (C=O) groups excluding carboxylic acids is 3. The van der Waals surface area contributed by atoms with Crippen molar-refractivity contribution in [2.45, 2.75) is 12.8 Å². The monoisotopic (exact) mass is 549 g/mol. The lowest BCUT2D eigenvalue weighted by molar-refractivity contribution is -0.132. The minimum Gasteiger partial charge on any atom is -0.478 e. The van der Waals surface area contributed by atoms with Crippen molar-refractivity contribution in [3.05, 3.63) is 107 Å². The molecule has 1 heterocycles. The summed E-state index contributed by atoms with van der Waals surface area (Å²) in [5.74, 6) is -4.60. The van der Waals surface area contributed by atoms with Crippen molar-refractivity contribution >= 4 is 23.7 Å². The Hall–Kier alpha value is -4.60. The second-order valence-corrected chi connectivity index (χ2v) is 9.64. The van der Waals surface area contributed by atoms with Crippen LogP contribution < -0.4 is 10.6 Å². The molecule has 3 amide bonds. The van der Waals surface area contributed by atoms with Gasteiger partial charge in [-0.25, -0.2) is 13.6 Å². The molecule has 3 N–H and O–H groups in total. The number of rotatable bonds is 10. The number of halogens is 2. The highest BCUT2D eigenvalue weighted by atomic mass is 19.1. The van der Waals surface area contributed by atoms with E-state index in [9.17, 15) is 28.0 Å². The Labute approximate surface area is 230 Å². The largest absolute Gasteiger partial charge is 0.478 e. The Morgan fingerprint density at radius 1 is 0.675 bits per heavy atom. The van der Waals surface area contributed by atoms with Crippen molar-refractivity contribution in [3.63, 3.8) is 0 Å². The van der Waals surface area contributed by atoms with Crippen LogP contribution in [0.15, 0.2) is 72.8 Å². The minimum absolute atomic E-state index is 0.0119. The maximum Gasteiger partial charge on any atom is 0.335 e. The first-order valence-electron chi connectivity index (χ1n) is 12.9. The van der Waals surface area contributed by atoms with Crippen molar-refractivity contribution in [1.82, 2.24) is 15.5 Å². The molecular weight excluding hydrogens is 520 g/mol. The highest BCUT2D eigenvalue weighted by molar-refractivity contribution is 5.98. The van der Waals surface area contributed by atoms with Crippen LogP contribution in [0.5, 0.6) is 0 Å². The maximum atomic E-state index is 13.2. The fraction of sp³-hybridized carbons (Fsp3) is 0.267. The van der Waals surface area contributed by atoms with Crippen LogP contribution in [0.3, 0.4) is 0 Å². The Kier molecular flexibility index (Phi) is 9.21. The highest BCUT2D eigenvalue weighted by Gasteiger charge is 2.43. The van der Waals surface area contributed by atoms with E-state index in [0.717, 1.165) is 11.1 Å². The molecule has 0 aromatic heterocycles. The molecule has 4 rings (SSSR count). The average molecular weight is 550 g/mol.